The standard InChI is InChI=1S/C55H106O6/c1-6-8-9-10-11-12-25-30-35-40-45-53(56)59-48-52(61-55(58)47-42-37-32-27-22-18-17-19-23-28-33-38-43-50(3)4)49-60-54(57)46-41-36-31-26-21-16-14-13-15-20-24-29-34-39-44-51(5)7-2/h50-52H,6-49H2,1-5H3/t51?,52-/m1/s1. The lowest BCUT2D eigenvalue weighted by molar-refractivity contribution is -0.167. The van der Waals surface area contributed by atoms with Crippen molar-refractivity contribution in [2.45, 2.75) is 310 Å². The molecule has 0 radical (unpaired) electrons. The van der Waals surface area contributed by atoms with Gasteiger partial charge in [-0.25, -0.2) is 0 Å². The quantitative estimate of drug-likeness (QED) is 0.0344. The van der Waals surface area contributed by atoms with Crippen LogP contribution >= 0.6 is 0 Å². The number of hydrogen-bond donors (Lipinski definition) is 0. The highest BCUT2D eigenvalue weighted by molar-refractivity contribution is 5.71. The fraction of sp³-hybridized carbons (Fsp3) is 0.945. The fourth-order valence-electron chi connectivity index (χ4n) is 8.31. The summed E-state index contributed by atoms with van der Waals surface area (Å²) in [6.07, 6.45) is 49.4. The second kappa shape index (κ2) is 47.9. The minimum absolute atomic E-state index is 0.0632. The van der Waals surface area contributed by atoms with Crippen LogP contribution in [0.2, 0.25) is 0 Å². The van der Waals surface area contributed by atoms with E-state index in [0.29, 0.717) is 19.3 Å². The van der Waals surface area contributed by atoms with Gasteiger partial charge in [-0.1, -0.05) is 266 Å². The van der Waals surface area contributed by atoms with Crippen LogP contribution in [0.4, 0.5) is 0 Å². The maximum atomic E-state index is 12.8. The number of carbonyl (C=O) groups is 3. The predicted molar refractivity (Wildman–Crippen MR) is 261 cm³/mol. The van der Waals surface area contributed by atoms with Crippen molar-refractivity contribution in [1.82, 2.24) is 0 Å². The van der Waals surface area contributed by atoms with Crippen LogP contribution in [0.5, 0.6) is 0 Å². The van der Waals surface area contributed by atoms with E-state index in [0.717, 1.165) is 69.6 Å². The van der Waals surface area contributed by atoms with Crippen LogP contribution in [0.1, 0.15) is 304 Å². The predicted octanol–water partition coefficient (Wildman–Crippen LogP) is 17.7. The summed E-state index contributed by atoms with van der Waals surface area (Å²) in [7, 11) is 0. The molecule has 0 N–H and O–H groups in total. The van der Waals surface area contributed by atoms with Gasteiger partial charge in [0.25, 0.3) is 0 Å². The second-order valence-electron chi connectivity index (χ2n) is 19.6. The van der Waals surface area contributed by atoms with Gasteiger partial charge in [0.15, 0.2) is 6.10 Å². The molecule has 0 aliphatic carbocycles. The summed E-state index contributed by atoms with van der Waals surface area (Å²) >= 11 is 0. The summed E-state index contributed by atoms with van der Waals surface area (Å²) in [6, 6.07) is 0. The number of hydrogen-bond acceptors (Lipinski definition) is 6. The summed E-state index contributed by atoms with van der Waals surface area (Å²) in [5.41, 5.74) is 0. The Hall–Kier alpha value is -1.59. The Kier molecular flexibility index (Phi) is 46.6. The number of unbranched alkanes of at least 4 members (excludes halogenated alkanes) is 33. The summed E-state index contributed by atoms with van der Waals surface area (Å²) < 4.78 is 16.8. The maximum absolute atomic E-state index is 12.8. The second-order valence-corrected chi connectivity index (χ2v) is 19.6. The summed E-state index contributed by atoms with van der Waals surface area (Å²) in [4.78, 5) is 38.0. The monoisotopic (exact) mass is 863 g/mol. The van der Waals surface area contributed by atoms with Crippen LogP contribution < -0.4 is 0 Å². The first kappa shape index (κ1) is 59.4. The van der Waals surface area contributed by atoms with Crippen LogP contribution in [0.15, 0.2) is 0 Å². The molecule has 0 rings (SSSR count). The fourth-order valence-corrected chi connectivity index (χ4v) is 8.31. The van der Waals surface area contributed by atoms with Crippen molar-refractivity contribution in [3.05, 3.63) is 0 Å². The number of rotatable bonds is 49. The zero-order valence-corrected chi connectivity index (χ0v) is 41.8. The molecular weight excluding hydrogens is 757 g/mol. The van der Waals surface area contributed by atoms with Gasteiger partial charge in [-0.05, 0) is 31.1 Å². The molecule has 0 saturated heterocycles. The van der Waals surface area contributed by atoms with Crippen LogP contribution in [0.25, 0.3) is 0 Å². The van der Waals surface area contributed by atoms with E-state index in [-0.39, 0.29) is 31.1 Å². The lowest BCUT2D eigenvalue weighted by Gasteiger charge is -2.18. The van der Waals surface area contributed by atoms with Crippen LogP contribution in [0, 0.1) is 11.8 Å². The Labute approximate surface area is 380 Å². The number of ether oxygens (including phenoxy) is 3. The Morgan fingerprint density at radius 3 is 0.934 bits per heavy atom. The van der Waals surface area contributed by atoms with E-state index in [2.05, 4.69) is 34.6 Å². The largest absolute Gasteiger partial charge is 0.462 e. The molecule has 362 valence electrons. The van der Waals surface area contributed by atoms with E-state index in [1.165, 1.54) is 193 Å². The molecule has 0 aliphatic rings. The van der Waals surface area contributed by atoms with E-state index in [1.54, 1.807) is 0 Å². The smallest absolute Gasteiger partial charge is 0.306 e. The highest BCUT2D eigenvalue weighted by atomic mass is 16.6. The average molecular weight is 863 g/mol. The van der Waals surface area contributed by atoms with Crippen molar-refractivity contribution >= 4 is 17.9 Å². The van der Waals surface area contributed by atoms with E-state index in [1.807, 2.05) is 0 Å². The van der Waals surface area contributed by atoms with E-state index in [9.17, 15) is 14.4 Å². The van der Waals surface area contributed by atoms with Gasteiger partial charge in [0.1, 0.15) is 13.2 Å². The molecule has 0 aliphatic heterocycles. The van der Waals surface area contributed by atoms with Gasteiger partial charge in [0.2, 0.25) is 0 Å². The lowest BCUT2D eigenvalue weighted by Crippen LogP contribution is -2.30. The molecular formula is C55H106O6. The first-order chi connectivity index (χ1) is 29.8. The van der Waals surface area contributed by atoms with Gasteiger partial charge >= 0.3 is 17.9 Å². The van der Waals surface area contributed by atoms with E-state index in [4.69, 9.17) is 14.2 Å². The van der Waals surface area contributed by atoms with Gasteiger partial charge in [-0.15, -0.1) is 0 Å². The molecule has 0 aromatic heterocycles. The zero-order chi connectivity index (χ0) is 44.7. The van der Waals surface area contributed by atoms with Gasteiger partial charge in [0, 0.05) is 19.3 Å². The number of esters is 3. The van der Waals surface area contributed by atoms with Gasteiger partial charge in [0.05, 0.1) is 0 Å². The normalized spacial score (nSPS) is 12.5. The molecule has 0 saturated carbocycles. The molecule has 61 heavy (non-hydrogen) atoms. The van der Waals surface area contributed by atoms with E-state index >= 15 is 0 Å². The van der Waals surface area contributed by atoms with Crippen LogP contribution in [-0.2, 0) is 28.6 Å². The van der Waals surface area contributed by atoms with Crippen molar-refractivity contribution in [3.63, 3.8) is 0 Å². The van der Waals surface area contributed by atoms with Crippen LogP contribution in [0.3, 0.4) is 0 Å². The molecule has 0 aromatic carbocycles. The Morgan fingerprint density at radius 1 is 0.344 bits per heavy atom. The summed E-state index contributed by atoms with van der Waals surface area (Å²) in [5.74, 6) is 0.883. The first-order valence-electron chi connectivity index (χ1n) is 27.3. The molecule has 0 amide bonds. The molecule has 0 spiro atoms. The zero-order valence-electron chi connectivity index (χ0n) is 41.8. The number of carbonyl (C=O) groups excluding carboxylic acids is 3. The van der Waals surface area contributed by atoms with Crippen LogP contribution in [-0.4, -0.2) is 37.2 Å². The summed E-state index contributed by atoms with van der Waals surface area (Å²) in [6.45, 7) is 11.4. The van der Waals surface area contributed by atoms with Gasteiger partial charge in [-0.2, -0.15) is 0 Å². The minimum Gasteiger partial charge on any atom is -0.462 e. The molecule has 0 bridgehead atoms. The summed E-state index contributed by atoms with van der Waals surface area (Å²) in [5, 5.41) is 0. The van der Waals surface area contributed by atoms with Crippen molar-refractivity contribution in [2.24, 2.45) is 11.8 Å². The minimum atomic E-state index is -0.761. The van der Waals surface area contributed by atoms with Crippen molar-refractivity contribution < 1.29 is 28.6 Å². The molecule has 1 unspecified atom stereocenters. The Morgan fingerprint density at radius 2 is 0.623 bits per heavy atom. The average Bonchev–Trinajstić information content (AvgIpc) is 3.24. The molecule has 0 fully saturated rings. The van der Waals surface area contributed by atoms with Crippen molar-refractivity contribution in [1.29, 1.82) is 0 Å². The Bertz CT molecular complexity index is 933. The molecule has 0 aromatic rings. The highest BCUT2D eigenvalue weighted by Crippen LogP contribution is 2.18. The Balaban J connectivity index is 4.26. The third-order valence-electron chi connectivity index (χ3n) is 12.8. The SMILES string of the molecule is CCCCCCCCCCCCC(=O)OC[C@H](COC(=O)CCCCCCCCCCCCCCCCC(C)CC)OC(=O)CCCCCCCCCCCCCCC(C)C. The van der Waals surface area contributed by atoms with E-state index < -0.39 is 6.10 Å². The molecule has 6 nitrogen and oxygen atoms in total. The third kappa shape index (κ3) is 47.7. The lowest BCUT2D eigenvalue weighted by atomic mass is 9.99. The maximum Gasteiger partial charge on any atom is 0.306 e. The van der Waals surface area contributed by atoms with Gasteiger partial charge < -0.3 is 14.2 Å². The first-order valence-corrected chi connectivity index (χ1v) is 27.3. The molecule has 0 heterocycles. The topological polar surface area (TPSA) is 78.9 Å². The van der Waals surface area contributed by atoms with Crippen molar-refractivity contribution in [2.75, 3.05) is 13.2 Å². The van der Waals surface area contributed by atoms with Gasteiger partial charge in [-0.3, -0.25) is 14.4 Å². The molecule has 2 atom stereocenters. The molecule has 6 heteroatoms. The highest BCUT2D eigenvalue weighted by Gasteiger charge is 2.19. The third-order valence-corrected chi connectivity index (χ3v) is 12.8. The van der Waals surface area contributed by atoms with Crippen molar-refractivity contribution in [3.8, 4) is 0 Å².